The molecule has 0 bridgehead atoms. The summed E-state index contributed by atoms with van der Waals surface area (Å²) in [6.45, 7) is 5.87. The molecular weight excluding hydrogens is 508 g/mol. The van der Waals surface area contributed by atoms with Crippen LogP contribution < -0.4 is 9.47 Å². The van der Waals surface area contributed by atoms with Gasteiger partial charge in [-0.2, -0.15) is 4.52 Å². The molecule has 2 aromatic heterocycles. The maximum Gasteiger partial charge on any atom is 0.269 e. The van der Waals surface area contributed by atoms with Gasteiger partial charge in [0.15, 0.2) is 28.1 Å². The average molecular weight is 537 g/mol. The van der Waals surface area contributed by atoms with Crippen molar-refractivity contribution in [1.29, 1.82) is 0 Å². The van der Waals surface area contributed by atoms with Crippen LogP contribution >= 0.6 is 11.8 Å². The predicted molar refractivity (Wildman–Crippen MR) is 144 cm³/mol. The number of nitro groups is 1. The van der Waals surface area contributed by atoms with E-state index >= 15 is 0 Å². The average Bonchev–Trinajstić information content (AvgIpc) is 3.36. The quantitative estimate of drug-likeness (QED) is 0.146. The van der Waals surface area contributed by atoms with Gasteiger partial charge in [-0.3, -0.25) is 14.9 Å². The van der Waals surface area contributed by atoms with E-state index < -0.39 is 4.92 Å². The normalized spacial score (nSPS) is 17.6. The van der Waals surface area contributed by atoms with Gasteiger partial charge in [-0.05, 0) is 36.5 Å². The summed E-state index contributed by atoms with van der Waals surface area (Å²) in [5, 5.41) is 17.0. The van der Waals surface area contributed by atoms with Gasteiger partial charge in [0.1, 0.15) is 0 Å². The molecule has 1 aliphatic rings. The van der Waals surface area contributed by atoms with Crippen molar-refractivity contribution in [3.8, 4) is 22.9 Å². The van der Waals surface area contributed by atoms with Crippen LogP contribution in [0.1, 0.15) is 20.3 Å². The fraction of sp³-hybridized carbons (Fsp3) is 0.385. The number of piperidine rings is 1. The van der Waals surface area contributed by atoms with Crippen molar-refractivity contribution in [2.45, 2.75) is 25.4 Å². The molecule has 0 N–H and O–H groups in total. The highest BCUT2D eigenvalue weighted by Crippen LogP contribution is 2.35. The molecule has 3 heterocycles. The van der Waals surface area contributed by atoms with Gasteiger partial charge in [-0.25, -0.2) is 9.97 Å². The van der Waals surface area contributed by atoms with Crippen molar-refractivity contribution in [3.05, 3.63) is 46.5 Å². The third kappa shape index (κ3) is 4.95. The third-order valence-electron chi connectivity index (χ3n) is 6.63. The molecule has 2 atom stereocenters. The molecule has 1 saturated heterocycles. The number of carbonyl (C=O) groups is 1. The van der Waals surface area contributed by atoms with Gasteiger partial charge in [0.25, 0.3) is 5.69 Å². The molecule has 4 aromatic rings. The molecule has 5 rings (SSSR count). The standard InChI is InChI=1S/C26H28N6O5S/c1-15-9-16(2)13-30(12-15)23(33)14-38-26-27-20-11-22(37-4)21(36-3)10-19(20)25-28-24(29-31(25)26)17-5-7-18(8-6-17)32(34)35/h5-8,10-11,15-16H,9,12-14H2,1-4H3/t15-,16+. The Labute approximate surface area is 223 Å². The van der Waals surface area contributed by atoms with Crippen molar-refractivity contribution < 1.29 is 19.2 Å². The zero-order valence-electron chi connectivity index (χ0n) is 21.6. The lowest BCUT2D eigenvalue weighted by molar-refractivity contribution is -0.384. The van der Waals surface area contributed by atoms with Crippen LogP contribution in [-0.2, 0) is 4.79 Å². The zero-order chi connectivity index (χ0) is 27.0. The van der Waals surface area contributed by atoms with Gasteiger partial charge < -0.3 is 14.4 Å². The topological polar surface area (TPSA) is 125 Å². The van der Waals surface area contributed by atoms with Crippen molar-refractivity contribution in [2.24, 2.45) is 11.8 Å². The third-order valence-corrected chi connectivity index (χ3v) is 7.54. The Kier molecular flexibility index (Phi) is 7.06. The first-order chi connectivity index (χ1) is 18.3. The number of rotatable bonds is 7. The second-order valence-electron chi connectivity index (χ2n) is 9.63. The number of hydrogen-bond donors (Lipinski definition) is 0. The minimum absolute atomic E-state index is 0.0161. The molecular formula is C26H28N6O5S. The van der Waals surface area contributed by atoms with E-state index in [4.69, 9.17) is 19.4 Å². The smallest absolute Gasteiger partial charge is 0.269 e. The molecule has 0 saturated carbocycles. The lowest BCUT2D eigenvalue weighted by atomic mass is 9.92. The highest BCUT2D eigenvalue weighted by molar-refractivity contribution is 7.99. The summed E-state index contributed by atoms with van der Waals surface area (Å²) in [5.74, 6) is 2.65. The van der Waals surface area contributed by atoms with E-state index in [9.17, 15) is 14.9 Å². The van der Waals surface area contributed by atoms with E-state index in [1.54, 1.807) is 43.0 Å². The number of amides is 1. The lowest BCUT2D eigenvalue weighted by Gasteiger charge is -2.34. The summed E-state index contributed by atoms with van der Waals surface area (Å²) < 4.78 is 12.6. The molecule has 0 unspecified atom stereocenters. The monoisotopic (exact) mass is 536 g/mol. The first-order valence-electron chi connectivity index (χ1n) is 12.2. The summed E-state index contributed by atoms with van der Waals surface area (Å²) in [6, 6.07) is 9.62. The Morgan fingerprint density at radius 2 is 1.74 bits per heavy atom. The number of thioether (sulfide) groups is 1. The van der Waals surface area contributed by atoms with Crippen molar-refractivity contribution >= 4 is 39.9 Å². The summed E-state index contributed by atoms with van der Waals surface area (Å²) in [4.78, 5) is 35.2. The molecule has 0 aliphatic carbocycles. The molecule has 38 heavy (non-hydrogen) atoms. The van der Waals surface area contributed by atoms with E-state index in [0.29, 0.717) is 56.4 Å². The minimum Gasteiger partial charge on any atom is -0.493 e. The van der Waals surface area contributed by atoms with Gasteiger partial charge in [-0.15, -0.1) is 5.10 Å². The Bertz CT molecular complexity index is 1510. The minimum atomic E-state index is -0.451. The maximum absolute atomic E-state index is 13.1. The van der Waals surface area contributed by atoms with Gasteiger partial charge in [0.2, 0.25) is 5.91 Å². The fourth-order valence-electron chi connectivity index (χ4n) is 4.94. The number of fused-ring (bicyclic) bond motifs is 3. The molecule has 0 spiro atoms. The fourth-order valence-corrected chi connectivity index (χ4v) is 5.79. The number of nitro benzene ring substituents is 1. The van der Waals surface area contributed by atoms with Crippen LogP contribution in [0.3, 0.4) is 0 Å². The van der Waals surface area contributed by atoms with Crippen LogP contribution in [0.4, 0.5) is 5.69 Å². The molecule has 1 fully saturated rings. The molecule has 198 valence electrons. The molecule has 0 radical (unpaired) electrons. The number of methoxy groups -OCH3 is 2. The second kappa shape index (κ2) is 10.4. The van der Waals surface area contributed by atoms with E-state index in [0.717, 1.165) is 19.5 Å². The summed E-state index contributed by atoms with van der Waals surface area (Å²) in [5.41, 5.74) is 1.75. The van der Waals surface area contributed by atoms with Gasteiger partial charge in [0, 0.05) is 42.2 Å². The van der Waals surface area contributed by atoms with Crippen LogP contribution in [-0.4, -0.2) is 68.4 Å². The highest BCUT2D eigenvalue weighted by atomic mass is 32.2. The first kappa shape index (κ1) is 25.7. The molecule has 2 aromatic carbocycles. The number of ether oxygens (including phenoxy) is 2. The van der Waals surface area contributed by atoms with Crippen molar-refractivity contribution in [2.75, 3.05) is 33.1 Å². The number of aromatic nitrogens is 4. The first-order valence-corrected chi connectivity index (χ1v) is 13.2. The van der Waals surface area contributed by atoms with E-state index in [-0.39, 0.29) is 17.3 Å². The van der Waals surface area contributed by atoms with Gasteiger partial charge in [0.05, 0.1) is 30.4 Å². The summed E-state index contributed by atoms with van der Waals surface area (Å²) in [7, 11) is 3.11. The Morgan fingerprint density at radius 3 is 2.37 bits per heavy atom. The largest absolute Gasteiger partial charge is 0.493 e. The second-order valence-corrected chi connectivity index (χ2v) is 10.6. The van der Waals surface area contributed by atoms with E-state index in [1.807, 2.05) is 4.90 Å². The SMILES string of the molecule is COc1cc2nc(SCC(=O)N3C[C@H](C)C[C@H](C)C3)n3nc(-c4ccc([N+](=O)[O-])cc4)nc3c2cc1OC. The van der Waals surface area contributed by atoms with Crippen molar-refractivity contribution in [3.63, 3.8) is 0 Å². The maximum atomic E-state index is 13.1. The van der Waals surface area contributed by atoms with Crippen LogP contribution in [0, 0.1) is 22.0 Å². The number of non-ortho nitro benzene ring substituents is 1. The zero-order valence-corrected chi connectivity index (χ0v) is 22.4. The molecule has 1 aliphatic heterocycles. The number of benzene rings is 2. The number of hydrogen-bond acceptors (Lipinski definition) is 9. The Balaban J connectivity index is 1.56. The summed E-state index contributed by atoms with van der Waals surface area (Å²) in [6.07, 6.45) is 1.12. The van der Waals surface area contributed by atoms with Crippen LogP contribution in [0.25, 0.3) is 27.9 Å². The highest BCUT2D eigenvalue weighted by Gasteiger charge is 2.26. The van der Waals surface area contributed by atoms with Crippen LogP contribution in [0.15, 0.2) is 41.6 Å². The van der Waals surface area contributed by atoms with Crippen LogP contribution in [0.5, 0.6) is 11.5 Å². The van der Waals surface area contributed by atoms with Crippen molar-refractivity contribution in [1.82, 2.24) is 24.5 Å². The Hall–Kier alpha value is -3.93. The van der Waals surface area contributed by atoms with Gasteiger partial charge in [-0.1, -0.05) is 25.6 Å². The van der Waals surface area contributed by atoms with E-state index in [1.165, 1.54) is 23.9 Å². The predicted octanol–water partition coefficient (Wildman–Crippen LogP) is 4.47. The Morgan fingerprint density at radius 1 is 1.08 bits per heavy atom. The lowest BCUT2D eigenvalue weighted by Crippen LogP contribution is -2.43. The molecule has 11 nitrogen and oxygen atoms in total. The number of likely N-dealkylation sites (tertiary alicyclic amines) is 1. The number of nitrogens with zero attached hydrogens (tertiary/aromatic N) is 6. The van der Waals surface area contributed by atoms with Crippen LogP contribution in [0.2, 0.25) is 0 Å². The molecule has 12 heteroatoms. The summed E-state index contributed by atoms with van der Waals surface area (Å²) >= 11 is 1.30. The number of carbonyl (C=O) groups excluding carboxylic acids is 1. The van der Waals surface area contributed by atoms with Gasteiger partial charge >= 0.3 is 0 Å². The molecule has 1 amide bonds. The van der Waals surface area contributed by atoms with E-state index in [2.05, 4.69) is 18.9 Å².